The Balaban J connectivity index is 1.41. The number of nitrogens with zero attached hydrogens (tertiary/aromatic N) is 2. The summed E-state index contributed by atoms with van der Waals surface area (Å²) in [5.74, 6) is 0. The summed E-state index contributed by atoms with van der Waals surface area (Å²) >= 11 is 0. The van der Waals surface area contributed by atoms with Crippen LogP contribution in [0.1, 0.15) is 17.7 Å². The van der Waals surface area contributed by atoms with Gasteiger partial charge in [-0.25, -0.2) is 0 Å². The minimum atomic E-state index is 1.06. The Hall–Kier alpha value is -5.60. The molecule has 2 heterocycles. The Morgan fingerprint density at radius 3 is 1.80 bits per heavy atom. The molecule has 0 N–H and O–H groups in total. The lowest BCUT2D eigenvalue weighted by Gasteiger charge is -2.14. The molecule has 2 nitrogen and oxygen atoms in total. The van der Waals surface area contributed by atoms with Gasteiger partial charge in [0.2, 0.25) is 0 Å². The van der Waals surface area contributed by atoms with Crippen LogP contribution in [0.25, 0.3) is 72.4 Å². The smallest absolute Gasteiger partial charge is 0.0637 e. The second-order valence-corrected chi connectivity index (χ2v) is 11.7. The zero-order valence-corrected chi connectivity index (χ0v) is 24.3. The first-order valence-corrected chi connectivity index (χ1v) is 15.4. The van der Waals surface area contributed by atoms with Gasteiger partial charge in [-0.1, -0.05) is 109 Å². The van der Waals surface area contributed by atoms with Crippen molar-refractivity contribution < 1.29 is 0 Å². The van der Waals surface area contributed by atoms with Crippen molar-refractivity contribution in [2.45, 2.75) is 12.8 Å². The van der Waals surface area contributed by atoms with Gasteiger partial charge in [0.25, 0.3) is 0 Å². The molecule has 208 valence electrons. The summed E-state index contributed by atoms with van der Waals surface area (Å²) in [5.41, 5.74) is 13.7. The van der Waals surface area contributed by atoms with Gasteiger partial charge in [-0.05, 0) is 89.2 Å². The summed E-state index contributed by atoms with van der Waals surface area (Å²) in [6, 6.07) is 53.0. The van der Waals surface area contributed by atoms with E-state index >= 15 is 0 Å². The fourth-order valence-corrected chi connectivity index (χ4v) is 7.23. The standard InChI is InChI=1S/C42H30N2/c1-4-14-29(15-5-1)31-26-32(30-16-6-2-7-17-30)28-34(27-31)43-39-23-13-11-21-37(39)41-40(43)25-24-36-35-20-10-12-22-38(35)44(42(36)41)33-18-8-3-9-19-33/h1-9,11-19,21-28H,10,20H2. The van der Waals surface area contributed by atoms with Gasteiger partial charge >= 0.3 is 0 Å². The predicted molar refractivity (Wildman–Crippen MR) is 186 cm³/mol. The van der Waals surface area contributed by atoms with E-state index in [0.29, 0.717) is 0 Å². The predicted octanol–water partition coefficient (Wildman–Crippen LogP) is 11.0. The highest BCUT2D eigenvalue weighted by molar-refractivity contribution is 6.22. The maximum atomic E-state index is 2.50. The molecule has 0 bridgehead atoms. The van der Waals surface area contributed by atoms with E-state index in [0.717, 1.165) is 12.8 Å². The number of hydrogen-bond donors (Lipinski definition) is 0. The van der Waals surface area contributed by atoms with E-state index in [9.17, 15) is 0 Å². The van der Waals surface area contributed by atoms with Crippen LogP contribution in [0, 0.1) is 0 Å². The van der Waals surface area contributed by atoms with Crippen LogP contribution in [0.3, 0.4) is 0 Å². The molecule has 1 aliphatic carbocycles. The SMILES string of the molecule is C1=Cc2c(c3ccc4c(c5ccccc5n4-c4cc(-c5ccccc5)cc(-c5ccccc5)c4)c3n2-c2ccccc2)CC1. The van der Waals surface area contributed by atoms with E-state index in [2.05, 4.69) is 167 Å². The van der Waals surface area contributed by atoms with Crippen LogP contribution >= 0.6 is 0 Å². The molecule has 0 saturated heterocycles. The maximum absolute atomic E-state index is 2.50. The fourth-order valence-electron chi connectivity index (χ4n) is 7.23. The number of fused-ring (bicyclic) bond motifs is 7. The van der Waals surface area contributed by atoms with Crippen LogP contribution in [-0.4, -0.2) is 9.13 Å². The third-order valence-corrected chi connectivity index (χ3v) is 9.15. The number of rotatable bonds is 4. The Bertz CT molecular complexity index is 2300. The molecule has 0 unspecified atom stereocenters. The maximum Gasteiger partial charge on any atom is 0.0637 e. The van der Waals surface area contributed by atoms with Crippen LogP contribution in [-0.2, 0) is 6.42 Å². The number of allylic oxidation sites excluding steroid dienone is 1. The number of aromatic nitrogens is 2. The van der Waals surface area contributed by atoms with Crippen LogP contribution in [0.2, 0.25) is 0 Å². The van der Waals surface area contributed by atoms with Crippen molar-refractivity contribution in [1.82, 2.24) is 9.13 Å². The molecule has 2 aromatic heterocycles. The number of hydrogen-bond acceptors (Lipinski definition) is 0. The van der Waals surface area contributed by atoms with Gasteiger partial charge in [0, 0.05) is 33.2 Å². The Kier molecular flexibility index (Phi) is 5.67. The van der Waals surface area contributed by atoms with Crippen LogP contribution in [0.15, 0.2) is 152 Å². The fraction of sp³-hybridized carbons (Fsp3) is 0.0476. The molecule has 0 fully saturated rings. The van der Waals surface area contributed by atoms with Crippen molar-refractivity contribution in [3.8, 4) is 33.6 Å². The first-order chi connectivity index (χ1) is 21.8. The van der Waals surface area contributed by atoms with Gasteiger partial charge in [-0.3, -0.25) is 0 Å². The third-order valence-electron chi connectivity index (χ3n) is 9.15. The third kappa shape index (κ3) is 3.81. The number of para-hydroxylation sites is 2. The second-order valence-electron chi connectivity index (χ2n) is 11.7. The highest BCUT2D eigenvalue weighted by Crippen LogP contribution is 2.43. The van der Waals surface area contributed by atoms with Gasteiger partial charge < -0.3 is 9.13 Å². The largest absolute Gasteiger partial charge is 0.309 e. The summed E-state index contributed by atoms with van der Waals surface area (Å²) in [5, 5.41) is 3.93. The average molecular weight is 563 g/mol. The van der Waals surface area contributed by atoms with Crippen LogP contribution < -0.4 is 0 Å². The average Bonchev–Trinajstić information content (AvgIpc) is 3.62. The second kappa shape index (κ2) is 10.00. The molecule has 0 aliphatic heterocycles. The zero-order chi connectivity index (χ0) is 29.0. The summed E-state index contributed by atoms with van der Waals surface area (Å²) in [7, 11) is 0. The van der Waals surface area contributed by atoms with E-state index in [1.807, 2.05) is 0 Å². The van der Waals surface area contributed by atoms with E-state index in [1.165, 1.54) is 77.6 Å². The van der Waals surface area contributed by atoms with Crippen molar-refractivity contribution in [2.75, 3.05) is 0 Å². The molecular weight excluding hydrogens is 532 g/mol. The van der Waals surface area contributed by atoms with Crippen molar-refractivity contribution in [2.24, 2.45) is 0 Å². The lowest BCUT2D eigenvalue weighted by molar-refractivity contribution is 0.968. The zero-order valence-electron chi connectivity index (χ0n) is 24.3. The highest BCUT2D eigenvalue weighted by atomic mass is 15.0. The molecule has 0 spiro atoms. The molecule has 9 rings (SSSR count). The van der Waals surface area contributed by atoms with E-state index in [-0.39, 0.29) is 0 Å². The summed E-state index contributed by atoms with van der Waals surface area (Å²) in [6.07, 6.45) is 6.79. The van der Waals surface area contributed by atoms with Crippen molar-refractivity contribution >= 4 is 38.8 Å². The lowest BCUT2D eigenvalue weighted by Crippen LogP contribution is -2.00. The Morgan fingerprint density at radius 2 is 1.09 bits per heavy atom. The molecule has 2 heteroatoms. The van der Waals surface area contributed by atoms with E-state index in [4.69, 9.17) is 0 Å². The molecule has 0 saturated carbocycles. The van der Waals surface area contributed by atoms with E-state index in [1.54, 1.807) is 0 Å². The molecule has 0 radical (unpaired) electrons. The number of aryl methyl sites for hydroxylation is 1. The summed E-state index contributed by atoms with van der Waals surface area (Å²) in [6.45, 7) is 0. The van der Waals surface area contributed by atoms with Crippen molar-refractivity contribution in [3.05, 3.63) is 163 Å². The molecule has 6 aromatic carbocycles. The molecular formula is C42H30N2. The Labute approximate surface area is 256 Å². The Morgan fingerprint density at radius 1 is 0.455 bits per heavy atom. The minimum absolute atomic E-state index is 1.06. The highest BCUT2D eigenvalue weighted by Gasteiger charge is 2.24. The minimum Gasteiger partial charge on any atom is -0.309 e. The molecule has 1 aliphatic rings. The molecule has 44 heavy (non-hydrogen) atoms. The van der Waals surface area contributed by atoms with Crippen molar-refractivity contribution in [3.63, 3.8) is 0 Å². The lowest BCUT2D eigenvalue weighted by atomic mass is 9.98. The van der Waals surface area contributed by atoms with Crippen LogP contribution in [0.5, 0.6) is 0 Å². The van der Waals surface area contributed by atoms with Gasteiger partial charge in [-0.2, -0.15) is 0 Å². The molecule has 8 aromatic rings. The van der Waals surface area contributed by atoms with Crippen molar-refractivity contribution in [1.29, 1.82) is 0 Å². The van der Waals surface area contributed by atoms with Crippen LogP contribution in [0.4, 0.5) is 0 Å². The first-order valence-electron chi connectivity index (χ1n) is 15.4. The topological polar surface area (TPSA) is 9.86 Å². The normalized spacial score (nSPS) is 12.7. The first kappa shape index (κ1) is 24.9. The van der Waals surface area contributed by atoms with E-state index < -0.39 is 0 Å². The molecule has 0 atom stereocenters. The monoisotopic (exact) mass is 562 g/mol. The molecule has 0 amide bonds. The summed E-state index contributed by atoms with van der Waals surface area (Å²) < 4.78 is 4.97. The van der Waals surface area contributed by atoms with Gasteiger partial charge in [0.05, 0.1) is 16.6 Å². The van der Waals surface area contributed by atoms with Gasteiger partial charge in [0.1, 0.15) is 0 Å². The quantitative estimate of drug-likeness (QED) is 0.202. The van der Waals surface area contributed by atoms with Gasteiger partial charge in [0.15, 0.2) is 0 Å². The summed E-state index contributed by atoms with van der Waals surface area (Å²) in [4.78, 5) is 0. The number of benzene rings is 6. The van der Waals surface area contributed by atoms with Gasteiger partial charge in [-0.15, -0.1) is 0 Å².